The topological polar surface area (TPSA) is 80.3 Å². The molecule has 0 spiro atoms. The largest absolute Gasteiger partial charge is 0.497 e. The van der Waals surface area contributed by atoms with Crippen molar-refractivity contribution in [3.05, 3.63) is 29.8 Å². The summed E-state index contributed by atoms with van der Waals surface area (Å²) in [5.41, 5.74) is -0.418. The molecule has 1 N–H and O–H groups in total. The highest BCUT2D eigenvalue weighted by Crippen LogP contribution is 2.31. The molecule has 2 amide bonds. The second-order valence-electron chi connectivity index (χ2n) is 9.66. The van der Waals surface area contributed by atoms with E-state index >= 15 is 0 Å². The second-order valence-corrected chi connectivity index (χ2v) is 9.66. The number of carbonyl (C=O) groups is 2. The summed E-state index contributed by atoms with van der Waals surface area (Å²) in [6, 6.07) is 7.96. The van der Waals surface area contributed by atoms with Gasteiger partial charge in [-0.2, -0.15) is 0 Å². The van der Waals surface area contributed by atoms with Gasteiger partial charge in [0.25, 0.3) is 0 Å². The van der Waals surface area contributed by atoms with E-state index in [0.717, 1.165) is 30.8 Å². The first kappa shape index (κ1) is 24.3. The van der Waals surface area contributed by atoms with Gasteiger partial charge in [-0.05, 0) is 58.2 Å². The van der Waals surface area contributed by atoms with E-state index in [9.17, 15) is 9.59 Å². The van der Waals surface area contributed by atoms with E-state index in [0.29, 0.717) is 32.7 Å². The van der Waals surface area contributed by atoms with Gasteiger partial charge in [-0.1, -0.05) is 12.1 Å². The number of hydrogen-bond donors (Lipinski definition) is 1. The van der Waals surface area contributed by atoms with E-state index in [1.54, 1.807) is 12.0 Å². The summed E-state index contributed by atoms with van der Waals surface area (Å²) in [4.78, 5) is 30.0. The number of nitrogens with one attached hydrogen (secondary N) is 1. The van der Waals surface area contributed by atoms with E-state index < -0.39 is 17.2 Å². The Labute approximate surface area is 191 Å². The van der Waals surface area contributed by atoms with Crippen LogP contribution in [0.1, 0.15) is 52.1 Å². The standard InChI is InChI=1S/C24H37N3O5/c1-23(2,3)32-22(29)27-12-6-11-24(27,4)21(28)25-17-20(26-13-15-31-16-14-26)18-7-9-19(30-5)10-8-18/h7-10,20H,6,11-17H2,1-5H3,(H,25,28)/t20-,24-/m1/s1. The van der Waals surface area contributed by atoms with Gasteiger partial charge in [-0.3, -0.25) is 14.6 Å². The van der Waals surface area contributed by atoms with Crippen LogP contribution in [-0.4, -0.2) is 79.4 Å². The molecule has 8 heteroatoms. The minimum atomic E-state index is -0.919. The van der Waals surface area contributed by atoms with Crippen molar-refractivity contribution < 1.29 is 23.8 Å². The quantitative estimate of drug-likeness (QED) is 0.722. The summed E-state index contributed by atoms with van der Waals surface area (Å²) in [6.07, 6.45) is 0.949. The van der Waals surface area contributed by atoms with Gasteiger partial charge in [0.05, 0.1) is 26.4 Å². The van der Waals surface area contributed by atoms with Gasteiger partial charge in [0.2, 0.25) is 5.91 Å². The minimum absolute atomic E-state index is 0.00809. The zero-order valence-electron chi connectivity index (χ0n) is 20.0. The molecule has 0 radical (unpaired) electrons. The van der Waals surface area contributed by atoms with Crippen LogP contribution in [0, 0.1) is 0 Å². The first-order valence-corrected chi connectivity index (χ1v) is 11.4. The highest BCUT2D eigenvalue weighted by atomic mass is 16.6. The molecule has 3 rings (SSSR count). The van der Waals surface area contributed by atoms with E-state index in [2.05, 4.69) is 10.2 Å². The number of rotatable bonds is 6. The van der Waals surface area contributed by atoms with E-state index in [4.69, 9.17) is 14.2 Å². The number of carbonyl (C=O) groups excluding carboxylic acids is 2. The third kappa shape index (κ3) is 5.72. The van der Waals surface area contributed by atoms with Crippen LogP contribution in [0.25, 0.3) is 0 Å². The molecule has 0 saturated carbocycles. The normalized spacial score (nSPS) is 23.0. The fourth-order valence-electron chi connectivity index (χ4n) is 4.36. The lowest BCUT2D eigenvalue weighted by molar-refractivity contribution is -0.131. The van der Waals surface area contributed by atoms with Crippen LogP contribution in [0.4, 0.5) is 4.79 Å². The molecular weight excluding hydrogens is 410 g/mol. The number of morpholine rings is 1. The van der Waals surface area contributed by atoms with E-state index in [1.165, 1.54) is 0 Å². The van der Waals surface area contributed by atoms with Crippen LogP contribution in [0.3, 0.4) is 0 Å². The van der Waals surface area contributed by atoms with Crippen molar-refractivity contribution in [2.45, 2.75) is 57.7 Å². The molecule has 2 atom stereocenters. The van der Waals surface area contributed by atoms with Crippen molar-refractivity contribution in [1.29, 1.82) is 0 Å². The molecule has 2 aliphatic heterocycles. The Hall–Kier alpha value is -2.32. The van der Waals surface area contributed by atoms with E-state index in [-0.39, 0.29) is 11.9 Å². The molecular formula is C24H37N3O5. The van der Waals surface area contributed by atoms with Gasteiger partial charge in [-0.15, -0.1) is 0 Å². The number of ether oxygens (including phenoxy) is 3. The summed E-state index contributed by atoms with van der Waals surface area (Å²) in [5, 5.41) is 3.14. The summed E-state index contributed by atoms with van der Waals surface area (Å²) in [6.45, 7) is 11.2. The Balaban J connectivity index is 1.72. The van der Waals surface area contributed by atoms with Crippen LogP contribution in [-0.2, 0) is 14.3 Å². The monoisotopic (exact) mass is 447 g/mol. The summed E-state index contributed by atoms with van der Waals surface area (Å²) < 4.78 is 16.4. The van der Waals surface area contributed by atoms with Crippen molar-refractivity contribution in [3.63, 3.8) is 0 Å². The summed E-state index contributed by atoms with van der Waals surface area (Å²) in [5.74, 6) is 0.651. The predicted molar refractivity (Wildman–Crippen MR) is 122 cm³/mol. The van der Waals surface area contributed by atoms with Gasteiger partial charge in [0, 0.05) is 26.2 Å². The van der Waals surface area contributed by atoms with Crippen LogP contribution in [0.2, 0.25) is 0 Å². The van der Waals surface area contributed by atoms with Crippen LogP contribution >= 0.6 is 0 Å². The van der Waals surface area contributed by atoms with Gasteiger partial charge in [0.15, 0.2) is 0 Å². The molecule has 1 aromatic carbocycles. The highest BCUT2D eigenvalue weighted by Gasteiger charge is 2.47. The molecule has 0 bridgehead atoms. The average Bonchev–Trinajstić information content (AvgIpc) is 3.17. The Morgan fingerprint density at radius 3 is 2.41 bits per heavy atom. The Kier molecular flexibility index (Phi) is 7.67. The minimum Gasteiger partial charge on any atom is -0.497 e. The predicted octanol–water partition coefficient (Wildman–Crippen LogP) is 2.97. The Bertz CT molecular complexity index is 786. The first-order valence-electron chi connectivity index (χ1n) is 11.4. The number of amides is 2. The van der Waals surface area contributed by atoms with Crippen molar-refractivity contribution in [2.24, 2.45) is 0 Å². The van der Waals surface area contributed by atoms with Crippen molar-refractivity contribution in [3.8, 4) is 5.75 Å². The Morgan fingerprint density at radius 2 is 1.81 bits per heavy atom. The molecule has 8 nitrogen and oxygen atoms in total. The second kappa shape index (κ2) is 10.1. The first-order chi connectivity index (χ1) is 15.1. The lowest BCUT2D eigenvalue weighted by atomic mass is 9.97. The molecule has 1 aromatic rings. The number of nitrogens with zero attached hydrogens (tertiary/aromatic N) is 2. The molecule has 178 valence electrons. The number of likely N-dealkylation sites (tertiary alicyclic amines) is 1. The average molecular weight is 448 g/mol. The van der Waals surface area contributed by atoms with Crippen LogP contribution in [0.5, 0.6) is 5.75 Å². The molecule has 0 unspecified atom stereocenters. The maximum atomic E-state index is 13.3. The molecule has 2 heterocycles. The van der Waals surface area contributed by atoms with E-state index in [1.807, 2.05) is 52.0 Å². The maximum Gasteiger partial charge on any atom is 0.411 e. The summed E-state index contributed by atoms with van der Waals surface area (Å²) >= 11 is 0. The highest BCUT2D eigenvalue weighted by molar-refractivity contribution is 5.90. The van der Waals surface area contributed by atoms with Crippen LogP contribution in [0.15, 0.2) is 24.3 Å². The van der Waals surface area contributed by atoms with Gasteiger partial charge >= 0.3 is 6.09 Å². The molecule has 0 aliphatic carbocycles. The third-order valence-electron chi connectivity index (χ3n) is 6.19. The Morgan fingerprint density at radius 1 is 1.16 bits per heavy atom. The molecule has 2 saturated heterocycles. The van der Waals surface area contributed by atoms with Crippen molar-refractivity contribution >= 4 is 12.0 Å². The summed E-state index contributed by atoms with van der Waals surface area (Å²) in [7, 11) is 1.65. The van der Waals surface area contributed by atoms with Crippen molar-refractivity contribution in [1.82, 2.24) is 15.1 Å². The molecule has 32 heavy (non-hydrogen) atoms. The third-order valence-corrected chi connectivity index (χ3v) is 6.19. The lowest BCUT2D eigenvalue weighted by Gasteiger charge is -2.37. The molecule has 0 aromatic heterocycles. The zero-order valence-corrected chi connectivity index (χ0v) is 20.0. The SMILES string of the molecule is COc1ccc([C@@H](CNC(=O)[C@@]2(C)CCCN2C(=O)OC(C)(C)C)N2CCOCC2)cc1. The zero-order chi connectivity index (χ0) is 23.4. The lowest BCUT2D eigenvalue weighted by Crippen LogP contribution is -2.57. The number of methoxy groups -OCH3 is 1. The van der Waals surface area contributed by atoms with Crippen LogP contribution < -0.4 is 10.1 Å². The molecule has 2 aliphatic rings. The number of benzene rings is 1. The fraction of sp³-hybridized carbons (Fsp3) is 0.667. The maximum absolute atomic E-state index is 13.3. The molecule has 2 fully saturated rings. The fourth-order valence-corrected chi connectivity index (χ4v) is 4.36. The van der Waals surface area contributed by atoms with Gasteiger partial charge < -0.3 is 19.5 Å². The smallest absolute Gasteiger partial charge is 0.411 e. The van der Waals surface area contributed by atoms with Gasteiger partial charge in [-0.25, -0.2) is 4.79 Å². The number of hydrogen-bond acceptors (Lipinski definition) is 6. The van der Waals surface area contributed by atoms with Gasteiger partial charge in [0.1, 0.15) is 16.9 Å². The van der Waals surface area contributed by atoms with Crippen molar-refractivity contribution in [2.75, 3.05) is 46.5 Å².